The first-order valence-corrected chi connectivity index (χ1v) is 14.8. The van der Waals surface area contributed by atoms with Crippen LogP contribution in [0.15, 0.2) is 46.8 Å². The molecule has 0 spiro atoms. The standard InChI is InChI=1S/C26H33N5O4S2/c1-4-30-10-5-11-31(13-12-30)26(32)22-8-6-19(16-28-22)23-17-36-25(29-23)15-20-14-21(37(27,33)34)7-9-24(20)35-18(2)3/h6-9,14,16-18H,4-5,10-13,15H2,1-3H3,(H2,27,33,34). The van der Waals surface area contributed by atoms with Crippen LogP contribution in [0.2, 0.25) is 0 Å². The molecule has 1 amide bonds. The van der Waals surface area contributed by atoms with E-state index in [0.29, 0.717) is 30.0 Å². The van der Waals surface area contributed by atoms with Gasteiger partial charge in [-0.1, -0.05) is 6.92 Å². The fourth-order valence-corrected chi connectivity index (χ4v) is 5.64. The zero-order chi connectivity index (χ0) is 26.6. The van der Waals surface area contributed by atoms with Crippen LogP contribution in [0.25, 0.3) is 11.3 Å². The molecule has 2 aromatic heterocycles. The molecule has 1 aliphatic heterocycles. The van der Waals surface area contributed by atoms with Crippen molar-refractivity contribution in [2.24, 2.45) is 5.14 Å². The van der Waals surface area contributed by atoms with Gasteiger partial charge in [0.05, 0.1) is 21.7 Å². The predicted molar refractivity (Wildman–Crippen MR) is 144 cm³/mol. The molecule has 3 aromatic rings. The monoisotopic (exact) mass is 543 g/mol. The van der Waals surface area contributed by atoms with Crippen molar-refractivity contribution in [2.45, 2.75) is 44.6 Å². The Kier molecular flexibility index (Phi) is 8.58. The minimum absolute atomic E-state index is 0.0339. The normalized spacial score (nSPS) is 15.1. The molecular formula is C26H33N5O4S2. The lowest BCUT2D eigenvalue weighted by Crippen LogP contribution is -2.35. The highest BCUT2D eigenvalue weighted by Gasteiger charge is 2.21. The number of benzene rings is 1. The van der Waals surface area contributed by atoms with Gasteiger partial charge in [0, 0.05) is 48.8 Å². The predicted octanol–water partition coefficient (Wildman–Crippen LogP) is 3.40. The van der Waals surface area contributed by atoms with Crippen LogP contribution in [-0.2, 0) is 16.4 Å². The molecule has 0 unspecified atom stereocenters. The molecule has 4 rings (SSSR count). The Balaban J connectivity index is 1.49. The number of carbonyl (C=O) groups is 1. The summed E-state index contributed by atoms with van der Waals surface area (Å²) < 4.78 is 29.6. The van der Waals surface area contributed by atoms with Crippen molar-refractivity contribution in [1.29, 1.82) is 0 Å². The average Bonchev–Trinajstić information content (AvgIpc) is 3.19. The molecule has 3 heterocycles. The van der Waals surface area contributed by atoms with E-state index >= 15 is 0 Å². The van der Waals surface area contributed by atoms with Crippen LogP contribution in [0, 0.1) is 0 Å². The molecule has 9 nitrogen and oxygen atoms in total. The number of carbonyl (C=O) groups excluding carboxylic acids is 1. The molecule has 0 atom stereocenters. The fraction of sp³-hybridized carbons (Fsp3) is 0.423. The van der Waals surface area contributed by atoms with Crippen LogP contribution in [0.1, 0.15) is 48.3 Å². The lowest BCUT2D eigenvalue weighted by Gasteiger charge is -2.20. The Morgan fingerprint density at radius 2 is 1.97 bits per heavy atom. The number of ether oxygens (including phenoxy) is 1. The van der Waals surface area contributed by atoms with E-state index in [1.165, 1.54) is 17.4 Å². The molecule has 1 aromatic carbocycles. The number of nitrogens with zero attached hydrogens (tertiary/aromatic N) is 4. The molecule has 1 fully saturated rings. The Hall–Kier alpha value is -2.86. The van der Waals surface area contributed by atoms with Gasteiger partial charge in [-0.2, -0.15) is 0 Å². The van der Waals surface area contributed by atoms with Crippen LogP contribution < -0.4 is 9.88 Å². The zero-order valence-corrected chi connectivity index (χ0v) is 23.0. The molecule has 0 saturated carbocycles. The van der Waals surface area contributed by atoms with E-state index in [4.69, 9.17) is 14.9 Å². The zero-order valence-electron chi connectivity index (χ0n) is 21.4. The Morgan fingerprint density at radius 3 is 2.65 bits per heavy atom. The molecule has 0 radical (unpaired) electrons. The Bertz CT molecular complexity index is 1340. The minimum Gasteiger partial charge on any atom is -0.491 e. The second-order valence-electron chi connectivity index (χ2n) is 9.30. The summed E-state index contributed by atoms with van der Waals surface area (Å²) >= 11 is 1.46. The van der Waals surface area contributed by atoms with Gasteiger partial charge in [-0.05, 0) is 63.7 Å². The van der Waals surface area contributed by atoms with Gasteiger partial charge in [0.1, 0.15) is 11.4 Å². The van der Waals surface area contributed by atoms with Gasteiger partial charge in [-0.25, -0.2) is 18.5 Å². The highest BCUT2D eigenvalue weighted by atomic mass is 32.2. The smallest absolute Gasteiger partial charge is 0.272 e. The molecular weight excluding hydrogens is 510 g/mol. The molecule has 2 N–H and O–H groups in total. The van der Waals surface area contributed by atoms with Crippen molar-refractivity contribution < 1.29 is 17.9 Å². The van der Waals surface area contributed by atoms with Crippen LogP contribution >= 0.6 is 11.3 Å². The molecule has 0 bridgehead atoms. The largest absolute Gasteiger partial charge is 0.491 e. The van der Waals surface area contributed by atoms with E-state index < -0.39 is 10.0 Å². The van der Waals surface area contributed by atoms with Gasteiger partial charge < -0.3 is 14.5 Å². The van der Waals surface area contributed by atoms with E-state index in [9.17, 15) is 13.2 Å². The van der Waals surface area contributed by atoms with Crippen molar-refractivity contribution in [2.75, 3.05) is 32.7 Å². The Labute approximate surface area is 222 Å². The molecule has 1 saturated heterocycles. The van der Waals surface area contributed by atoms with E-state index in [-0.39, 0.29) is 16.9 Å². The van der Waals surface area contributed by atoms with E-state index in [2.05, 4.69) is 16.8 Å². The number of nitrogens with two attached hydrogens (primary N) is 1. The fourth-order valence-electron chi connectivity index (χ4n) is 4.25. The maximum absolute atomic E-state index is 13.0. The van der Waals surface area contributed by atoms with E-state index in [0.717, 1.165) is 48.9 Å². The van der Waals surface area contributed by atoms with Crippen LogP contribution in [-0.4, -0.2) is 72.9 Å². The first-order valence-electron chi connectivity index (χ1n) is 12.4. The van der Waals surface area contributed by atoms with Gasteiger partial charge in [-0.3, -0.25) is 9.78 Å². The van der Waals surface area contributed by atoms with Gasteiger partial charge in [0.2, 0.25) is 10.0 Å². The summed E-state index contributed by atoms with van der Waals surface area (Å²) in [6.07, 6.45) is 2.96. The maximum atomic E-state index is 13.0. The summed E-state index contributed by atoms with van der Waals surface area (Å²) in [5, 5.41) is 8.05. The number of primary sulfonamides is 1. The lowest BCUT2D eigenvalue weighted by molar-refractivity contribution is 0.0756. The summed E-state index contributed by atoms with van der Waals surface area (Å²) in [6, 6.07) is 8.24. The summed E-state index contributed by atoms with van der Waals surface area (Å²) in [5.41, 5.74) is 2.68. The number of thiazole rings is 1. The van der Waals surface area contributed by atoms with Gasteiger partial charge in [0.15, 0.2) is 0 Å². The molecule has 0 aliphatic carbocycles. The Morgan fingerprint density at radius 1 is 1.16 bits per heavy atom. The highest BCUT2D eigenvalue weighted by molar-refractivity contribution is 7.89. The number of aromatic nitrogens is 2. The number of amides is 1. The number of hydrogen-bond donors (Lipinski definition) is 1. The lowest BCUT2D eigenvalue weighted by atomic mass is 10.1. The minimum atomic E-state index is -3.84. The second-order valence-corrected chi connectivity index (χ2v) is 11.8. The summed E-state index contributed by atoms with van der Waals surface area (Å²) in [6.45, 7) is 10.3. The van der Waals surface area contributed by atoms with Gasteiger partial charge in [-0.15, -0.1) is 11.3 Å². The molecule has 198 valence electrons. The summed E-state index contributed by atoms with van der Waals surface area (Å²) in [5.74, 6) is 0.551. The quantitative estimate of drug-likeness (QED) is 0.463. The topological polar surface area (TPSA) is 119 Å². The van der Waals surface area contributed by atoms with Crippen molar-refractivity contribution in [3.05, 3.63) is 58.2 Å². The SMILES string of the molecule is CCN1CCCN(C(=O)c2ccc(-c3csc(Cc4cc(S(N)(=O)=O)ccc4OC(C)C)n3)cn2)CC1. The maximum Gasteiger partial charge on any atom is 0.272 e. The third-order valence-corrected chi connectivity index (χ3v) is 7.98. The van der Waals surface area contributed by atoms with Crippen LogP contribution in [0.4, 0.5) is 0 Å². The number of likely N-dealkylation sites (N-methyl/N-ethyl adjacent to an activating group) is 1. The van der Waals surface area contributed by atoms with Crippen molar-refractivity contribution in [3.63, 3.8) is 0 Å². The van der Waals surface area contributed by atoms with E-state index in [1.54, 1.807) is 24.4 Å². The summed E-state index contributed by atoms with van der Waals surface area (Å²) in [4.78, 5) is 26.4. The molecule has 37 heavy (non-hydrogen) atoms. The first-order chi connectivity index (χ1) is 17.6. The highest BCUT2D eigenvalue weighted by Crippen LogP contribution is 2.29. The summed E-state index contributed by atoms with van der Waals surface area (Å²) in [7, 11) is -3.84. The number of pyridine rings is 1. The van der Waals surface area contributed by atoms with Crippen molar-refractivity contribution in [1.82, 2.24) is 19.8 Å². The van der Waals surface area contributed by atoms with Crippen molar-refractivity contribution >= 4 is 27.3 Å². The third-order valence-electron chi connectivity index (χ3n) is 6.22. The number of hydrogen-bond acceptors (Lipinski definition) is 8. The molecule has 1 aliphatic rings. The third kappa shape index (κ3) is 6.92. The van der Waals surface area contributed by atoms with Crippen LogP contribution in [0.3, 0.4) is 0 Å². The number of sulfonamides is 1. The molecule has 11 heteroatoms. The average molecular weight is 544 g/mol. The van der Waals surface area contributed by atoms with E-state index in [1.807, 2.05) is 30.2 Å². The van der Waals surface area contributed by atoms with Crippen molar-refractivity contribution in [3.8, 4) is 17.0 Å². The van der Waals surface area contributed by atoms with Gasteiger partial charge in [0.25, 0.3) is 5.91 Å². The van der Waals surface area contributed by atoms with Crippen LogP contribution in [0.5, 0.6) is 5.75 Å². The first kappa shape index (κ1) is 27.2. The second kappa shape index (κ2) is 11.7. The van der Waals surface area contributed by atoms with Gasteiger partial charge >= 0.3 is 0 Å². The number of rotatable bonds is 8.